The molecule has 80 valence electrons. The van der Waals surface area contributed by atoms with Crippen molar-refractivity contribution in [2.24, 2.45) is 0 Å². The molecule has 1 aromatic carbocycles. The Morgan fingerprint density at radius 2 is 2.13 bits per heavy atom. The molecule has 0 aliphatic rings. The summed E-state index contributed by atoms with van der Waals surface area (Å²) in [6.45, 7) is 3.90. The maximum atomic E-state index is 14.0. The van der Waals surface area contributed by atoms with Gasteiger partial charge in [0.15, 0.2) is 11.6 Å². The predicted octanol–water partition coefficient (Wildman–Crippen LogP) is 3.70. The zero-order valence-electron chi connectivity index (χ0n) is 9.00. The molecular weight excluding hydrogens is 195 g/mol. The first-order chi connectivity index (χ1) is 7.15. The third kappa shape index (κ3) is 1.48. The zero-order chi connectivity index (χ0) is 11.0. The Labute approximate surface area is 87.6 Å². The fourth-order valence-electron chi connectivity index (χ4n) is 1.80. The normalized spacial score (nSPS) is 11.3. The summed E-state index contributed by atoms with van der Waals surface area (Å²) in [5.41, 5.74) is 1.31. The SMILES string of the molecule is COc1cc2occc2c(C(C)C)c1F. The highest BCUT2D eigenvalue weighted by Gasteiger charge is 2.17. The van der Waals surface area contributed by atoms with Crippen LogP contribution in [0.3, 0.4) is 0 Å². The minimum atomic E-state index is -0.290. The van der Waals surface area contributed by atoms with Gasteiger partial charge in [0, 0.05) is 17.0 Å². The van der Waals surface area contributed by atoms with Gasteiger partial charge in [0.1, 0.15) is 5.58 Å². The van der Waals surface area contributed by atoms with E-state index in [4.69, 9.17) is 9.15 Å². The molecule has 0 amide bonds. The summed E-state index contributed by atoms with van der Waals surface area (Å²) in [6.07, 6.45) is 1.56. The molecular formula is C12H13FO2. The van der Waals surface area contributed by atoms with Crippen molar-refractivity contribution in [3.63, 3.8) is 0 Å². The van der Waals surface area contributed by atoms with Gasteiger partial charge in [0.2, 0.25) is 0 Å². The molecule has 1 heterocycles. The fourth-order valence-corrected chi connectivity index (χ4v) is 1.80. The Bertz CT molecular complexity index is 486. The fraction of sp³-hybridized carbons (Fsp3) is 0.333. The minimum Gasteiger partial charge on any atom is -0.494 e. The number of hydrogen-bond donors (Lipinski definition) is 0. The van der Waals surface area contributed by atoms with Gasteiger partial charge in [-0.3, -0.25) is 0 Å². The van der Waals surface area contributed by atoms with Crippen LogP contribution >= 0.6 is 0 Å². The van der Waals surface area contributed by atoms with E-state index in [9.17, 15) is 4.39 Å². The van der Waals surface area contributed by atoms with Crippen molar-refractivity contribution in [3.05, 3.63) is 29.8 Å². The second-order valence-electron chi connectivity index (χ2n) is 3.79. The third-order valence-electron chi connectivity index (χ3n) is 2.50. The molecule has 0 aliphatic heterocycles. The highest BCUT2D eigenvalue weighted by atomic mass is 19.1. The zero-order valence-corrected chi connectivity index (χ0v) is 9.00. The molecule has 0 fully saturated rings. The van der Waals surface area contributed by atoms with E-state index in [1.54, 1.807) is 18.4 Å². The highest BCUT2D eigenvalue weighted by Crippen LogP contribution is 2.34. The molecule has 0 N–H and O–H groups in total. The molecule has 15 heavy (non-hydrogen) atoms. The minimum absolute atomic E-state index is 0.0974. The number of hydrogen-bond acceptors (Lipinski definition) is 2. The Morgan fingerprint density at radius 1 is 1.40 bits per heavy atom. The summed E-state index contributed by atoms with van der Waals surface area (Å²) in [4.78, 5) is 0. The highest BCUT2D eigenvalue weighted by molar-refractivity contribution is 5.83. The van der Waals surface area contributed by atoms with Gasteiger partial charge in [-0.05, 0) is 12.0 Å². The Hall–Kier alpha value is -1.51. The number of furan rings is 1. The van der Waals surface area contributed by atoms with Crippen molar-refractivity contribution in [2.75, 3.05) is 7.11 Å². The van der Waals surface area contributed by atoms with Gasteiger partial charge in [-0.1, -0.05) is 13.8 Å². The summed E-state index contributed by atoms with van der Waals surface area (Å²) >= 11 is 0. The molecule has 0 spiro atoms. The smallest absolute Gasteiger partial charge is 0.169 e. The van der Waals surface area contributed by atoms with Crippen molar-refractivity contribution < 1.29 is 13.5 Å². The van der Waals surface area contributed by atoms with E-state index in [0.29, 0.717) is 11.1 Å². The molecule has 0 atom stereocenters. The molecule has 2 nitrogen and oxygen atoms in total. The molecule has 0 aliphatic carbocycles. The van der Waals surface area contributed by atoms with E-state index in [-0.39, 0.29) is 17.5 Å². The van der Waals surface area contributed by atoms with Gasteiger partial charge in [-0.25, -0.2) is 4.39 Å². The van der Waals surface area contributed by atoms with Gasteiger partial charge in [0.25, 0.3) is 0 Å². The number of halogens is 1. The van der Waals surface area contributed by atoms with Crippen LogP contribution in [-0.4, -0.2) is 7.11 Å². The first kappa shape index (κ1) is 10.0. The van der Waals surface area contributed by atoms with E-state index in [2.05, 4.69) is 0 Å². The van der Waals surface area contributed by atoms with Crippen molar-refractivity contribution >= 4 is 11.0 Å². The number of benzene rings is 1. The van der Waals surface area contributed by atoms with Crippen LogP contribution in [0.25, 0.3) is 11.0 Å². The lowest BCUT2D eigenvalue weighted by atomic mass is 9.98. The maximum Gasteiger partial charge on any atom is 0.169 e. The molecule has 1 aromatic heterocycles. The van der Waals surface area contributed by atoms with Crippen LogP contribution < -0.4 is 4.74 Å². The first-order valence-corrected chi connectivity index (χ1v) is 4.88. The van der Waals surface area contributed by atoms with E-state index < -0.39 is 0 Å². The topological polar surface area (TPSA) is 22.4 Å². The molecule has 0 bridgehead atoms. The van der Waals surface area contributed by atoms with Crippen LogP contribution in [-0.2, 0) is 0 Å². The Morgan fingerprint density at radius 3 is 2.73 bits per heavy atom. The summed E-state index contributed by atoms with van der Waals surface area (Å²) in [5.74, 6) is 0.0442. The lowest BCUT2D eigenvalue weighted by Gasteiger charge is -2.11. The van der Waals surface area contributed by atoms with E-state index >= 15 is 0 Å². The summed E-state index contributed by atoms with van der Waals surface area (Å²) in [5, 5.41) is 0.823. The summed E-state index contributed by atoms with van der Waals surface area (Å²) < 4.78 is 24.2. The van der Waals surface area contributed by atoms with Gasteiger partial charge < -0.3 is 9.15 Å². The van der Waals surface area contributed by atoms with Gasteiger partial charge in [0.05, 0.1) is 13.4 Å². The molecule has 2 aromatic rings. The van der Waals surface area contributed by atoms with Crippen LogP contribution in [0.15, 0.2) is 22.8 Å². The first-order valence-electron chi connectivity index (χ1n) is 4.88. The van der Waals surface area contributed by atoms with Crippen molar-refractivity contribution in [2.45, 2.75) is 19.8 Å². The van der Waals surface area contributed by atoms with Crippen molar-refractivity contribution in [1.82, 2.24) is 0 Å². The molecule has 0 saturated carbocycles. The number of rotatable bonds is 2. The van der Waals surface area contributed by atoms with E-state index in [1.165, 1.54) is 7.11 Å². The summed E-state index contributed by atoms with van der Waals surface area (Å²) in [6, 6.07) is 3.36. The van der Waals surface area contributed by atoms with E-state index in [1.807, 2.05) is 13.8 Å². The van der Waals surface area contributed by atoms with Gasteiger partial charge >= 0.3 is 0 Å². The van der Waals surface area contributed by atoms with Crippen molar-refractivity contribution in [3.8, 4) is 5.75 Å². The number of fused-ring (bicyclic) bond motifs is 1. The van der Waals surface area contributed by atoms with Crippen LogP contribution in [0.1, 0.15) is 25.3 Å². The Kier molecular flexibility index (Phi) is 2.39. The lowest BCUT2D eigenvalue weighted by molar-refractivity contribution is 0.383. The van der Waals surface area contributed by atoms with Gasteiger partial charge in [-0.2, -0.15) is 0 Å². The van der Waals surface area contributed by atoms with Gasteiger partial charge in [-0.15, -0.1) is 0 Å². The number of ether oxygens (including phenoxy) is 1. The van der Waals surface area contributed by atoms with Crippen LogP contribution in [0.4, 0.5) is 4.39 Å². The molecule has 0 radical (unpaired) electrons. The van der Waals surface area contributed by atoms with E-state index in [0.717, 1.165) is 5.39 Å². The predicted molar refractivity (Wildman–Crippen MR) is 56.8 cm³/mol. The molecule has 2 rings (SSSR count). The molecule has 0 saturated heterocycles. The average Bonchev–Trinajstić information content (AvgIpc) is 2.63. The van der Waals surface area contributed by atoms with Crippen LogP contribution in [0, 0.1) is 5.82 Å². The molecule has 3 heteroatoms. The maximum absolute atomic E-state index is 14.0. The lowest BCUT2D eigenvalue weighted by Crippen LogP contribution is -1.97. The van der Waals surface area contributed by atoms with Crippen LogP contribution in [0.5, 0.6) is 5.75 Å². The van der Waals surface area contributed by atoms with Crippen molar-refractivity contribution in [1.29, 1.82) is 0 Å². The monoisotopic (exact) mass is 208 g/mol. The second-order valence-corrected chi connectivity index (χ2v) is 3.79. The molecule has 0 unspecified atom stereocenters. The quantitative estimate of drug-likeness (QED) is 0.750. The third-order valence-corrected chi connectivity index (χ3v) is 2.50. The Balaban J connectivity index is 2.81. The summed E-state index contributed by atoms with van der Waals surface area (Å²) in [7, 11) is 1.46. The second kappa shape index (κ2) is 3.57. The average molecular weight is 208 g/mol. The number of methoxy groups -OCH3 is 1. The standard InChI is InChI=1S/C12H13FO2/c1-7(2)11-8-4-5-15-9(8)6-10(14-3)12(11)13/h4-7H,1-3H3. The van der Waals surface area contributed by atoms with Crippen LogP contribution in [0.2, 0.25) is 0 Å². The largest absolute Gasteiger partial charge is 0.494 e.